The Morgan fingerprint density at radius 1 is 1.20 bits per heavy atom. The average molecular weight is 303 g/mol. The summed E-state index contributed by atoms with van der Waals surface area (Å²) in [5.74, 6) is 1.32. The van der Waals surface area contributed by atoms with E-state index >= 15 is 0 Å². The standard InChI is InChI=1S/C16H30N2O.ClH/c1-12(7-8-13-5-3-2-4-6-13)18-16(19)14-9-10-15(17)11-14;/h12-15H,2-11,17H2,1H3,(H,18,19);1H. The van der Waals surface area contributed by atoms with E-state index in [-0.39, 0.29) is 30.3 Å². The van der Waals surface area contributed by atoms with E-state index in [1.165, 1.54) is 38.5 Å². The average Bonchev–Trinajstić information content (AvgIpc) is 2.84. The molecule has 1 amide bonds. The quantitative estimate of drug-likeness (QED) is 0.818. The monoisotopic (exact) mass is 302 g/mol. The van der Waals surface area contributed by atoms with Crippen LogP contribution < -0.4 is 11.1 Å². The number of hydrogen-bond donors (Lipinski definition) is 2. The summed E-state index contributed by atoms with van der Waals surface area (Å²) in [6.07, 6.45) is 12.3. The van der Waals surface area contributed by atoms with E-state index < -0.39 is 0 Å². The smallest absolute Gasteiger partial charge is 0.223 e. The first-order chi connectivity index (χ1) is 9.15. The van der Waals surface area contributed by atoms with Gasteiger partial charge >= 0.3 is 0 Å². The van der Waals surface area contributed by atoms with Crippen LogP contribution in [0.2, 0.25) is 0 Å². The Morgan fingerprint density at radius 2 is 1.90 bits per heavy atom. The van der Waals surface area contributed by atoms with E-state index in [4.69, 9.17) is 5.73 Å². The lowest BCUT2D eigenvalue weighted by molar-refractivity contribution is -0.125. The lowest BCUT2D eigenvalue weighted by Gasteiger charge is -2.24. The maximum absolute atomic E-state index is 12.1. The highest BCUT2D eigenvalue weighted by Crippen LogP contribution is 2.28. The molecule has 3 unspecified atom stereocenters. The number of rotatable bonds is 5. The lowest BCUT2D eigenvalue weighted by Crippen LogP contribution is -2.37. The minimum Gasteiger partial charge on any atom is -0.353 e. The van der Waals surface area contributed by atoms with Crippen LogP contribution in [0.5, 0.6) is 0 Å². The third kappa shape index (κ3) is 5.61. The highest BCUT2D eigenvalue weighted by atomic mass is 35.5. The molecule has 0 heterocycles. The fourth-order valence-corrected chi connectivity index (χ4v) is 3.65. The summed E-state index contributed by atoms with van der Waals surface area (Å²) >= 11 is 0. The van der Waals surface area contributed by atoms with Crippen LogP contribution >= 0.6 is 12.4 Å². The Hall–Kier alpha value is -0.280. The second-order valence-corrected chi connectivity index (χ2v) is 6.76. The third-order valence-electron chi connectivity index (χ3n) is 4.97. The SMILES string of the molecule is CC(CCC1CCCCC1)NC(=O)C1CCC(N)C1.Cl. The summed E-state index contributed by atoms with van der Waals surface area (Å²) < 4.78 is 0. The van der Waals surface area contributed by atoms with Gasteiger partial charge in [-0.25, -0.2) is 0 Å². The molecule has 20 heavy (non-hydrogen) atoms. The van der Waals surface area contributed by atoms with E-state index in [1.54, 1.807) is 0 Å². The van der Waals surface area contributed by atoms with Crippen molar-refractivity contribution in [2.45, 2.75) is 83.2 Å². The predicted octanol–water partition coefficient (Wildman–Crippen LogP) is 3.40. The van der Waals surface area contributed by atoms with E-state index in [2.05, 4.69) is 12.2 Å². The fourth-order valence-electron chi connectivity index (χ4n) is 3.65. The molecule has 0 radical (unpaired) electrons. The van der Waals surface area contributed by atoms with Crippen molar-refractivity contribution < 1.29 is 4.79 Å². The summed E-state index contributed by atoms with van der Waals surface area (Å²) in [6, 6.07) is 0.569. The minimum absolute atomic E-state index is 0. The van der Waals surface area contributed by atoms with Crippen LogP contribution in [0, 0.1) is 11.8 Å². The zero-order valence-corrected chi connectivity index (χ0v) is 13.6. The second-order valence-electron chi connectivity index (χ2n) is 6.76. The Bertz CT molecular complexity index is 292. The van der Waals surface area contributed by atoms with Crippen LogP contribution in [0.4, 0.5) is 0 Å². The van der Waals surface area contributed by atoms with Crippen molar-refractivity contribution in [1.29, 1.82) is 0 Å². The first kappa shape index (κ1) is 17.8. The molecule has 2 aliphatic carbocycles. The summed E-state index contributed by atoms with van der Waals surface area (Å²) in [5, 5.41) is 3.19. The molecule has 0 saturated heterocycles. The van der Waals surface area contributed by atoms with Gasteiger partial charge < -0.3 is 11.1 Å². The first-order valence-electron chi connectivity index (χ1n) is 8.21. The number of hydrogen-bond acceptors (Lipinski definition) is 2. The minimum atomic E-state index is 0. The summed E-state index contributed by atoms with van der Waals surface area (Å²) in [6.45, 7) is 2.15. The van der Waals surface area contributed by atoms with Crippen molar-refractivity contribution in [3.8, 4) is 0 Å². The zero-order valence-electron chi connectivity index (χ0n) is 12.8. The lowest BCUT2D eigenvalue weighted by atomic mass is 9.85. The Labute approximate surface area is 129 Å². The molecule has 2 saturated carbocycles. The van der Waals surface area contributed by atoms with Gasteiger partial charge in [0.25, 0.3) is 0 Å². The first-order valence-corrected chi connectivity index (χ1v) is 8.21. The van der Waals surface area contributed by atoms with Crippen molar-refractivity contribution in [3.05, 3.63) is 0 Å². The topological polar surface area (TPSA) is 55.1 Å². The van der Waals surface area contributed by atoms with Crippen molar-refractivity contribution in [3.63, 3.8) is 0 Å². The molecule has 0 bridgehead atoms. The molecule has 2 aliphatic rings. The molecular formula is C16H31ClN2O. The highest BCUT2D eigenvalue weighted by molar-refractivity contribution is 5.85. The van der Waals surface area contributed by atoms with Gasteiger partial charge in [-0.2, -0.15) is 0 Å². The Morgan fingerprint density at radius 3 is 2.50 bits per heavy atom. The van der Waals surface area contributed by atoms with Gasteiger partial charge in [0.15, 0.2) is 0 Å². The highest BCUT2D eigenvalue weighted by Gasteiger charge is 2.28. The van der Waals surface area contributed by atoms with Gasteiger partial charge in [0.05, 0.1) is 0 Å². The Kier molecular flexibility index (Phi) is 7.90. The van der Waals surface area contributed by atoms with Gasteiger partial charge in [-0.3, -0.25) is 4.79 Å². The molecule has 3 atom stereocenters. The van der Waals surface area contributed by atoms with Gasteiger partial charge in [-0.05, 0) is 44.9 Å². The van der Waals surface area contributed by atoms with Crippen molar-refractivity contribution in [2.24, 2.45) is 17.6 Å². The maximum atomic E-state index is 12.1. The molecule has 0 aromatic heterocycles. The van der Waals surface area contributed by atoms with Crippen LogP contribution in [0.15, 0.2) is 0 Å². The number of nitrogens with one attached hydrogen (secondary N) is 1. The number of carbonyl (C=O) groups is 1. The molecule has 2 rings (SSSR count). The summed E-state index contributed by atoms with van der Waals surface area (Å²) in [4.78, 5) is 12.1. The predicted molar refractivity (Wildman–Crippen MR) is 86.0 cm³/mol. The molecular weight excluding hydrogens is 272 g/mol. The van der Waals surface area contributed by atoms with Crippen LogP contribution in [-0.2, 0) is 4.79 Å². The van der Waals surface area contributed by atoms with Gasteiger partial charge in [-0.15, -0.1) is 12.4 Å². The van der Waals surface area contributed by atoms with Crippen molar-refractivity contribution in [1.82, 2.24) is 5.32 Å². The second kappa shape index (κ2) is 8.89. The molecule has 0 aromatic rings. The van der Waals surface area contributed by atoms with Gasteiger partial charge in [0, 0.05) is 18.0 Å². The van der Waals surface area contributed by atoms with Crippen LogP contribution in [0.3, 0.4) is 0 Å². The molecule has 118 valence electrons. The molecule has 3 N–H and O–H groups in total. The number of amides is 1. The van der Waals surface area contributed by atoms with Crippen LogP contribution in [0.1, 0.15) is 71.1 Å². The van der Waals surface area contributed by atoms with E-state index in [0.717, 1.165) is 31.6 Å². The van der Waals surface area contributed by atoms with Gasteiger partial charge in [-0.1, -0.05) is 32.1 Å². The van der Waals surface area contributed by atoms with E-state index in [9.17, 15) is 4.79 Å². The Balaban J connectivity index is 0.00000200. The summed E-state index contributed by atoms with van der Waals surface area (Å²) in [7, 11) is 0. The molecule has 0 aromatic carbocycles. The molecule has 4 heteroatoms. The van der Waals surface area contributed by atoms with Gasteiger partial charge in [0.1, 0.15) is 0 Å². The third-order valence-corrected chi connectivity index (χ3v) is 4.97. The van der Waals surface area contributed by atoms with E-state index in [1.807, 2.05) is 0 Å². The zero-order chi connectivity index (χ0) is 13.7. The summed E-state index contributed by atoms with van der Waals surface area (Å²) in [5.41, 5.74) is 5.87. The molecule has 0 aliphatic heterocycles. The largest absolute Gasteiger partial charge is 0.353 e. The number of carbonyl (C=O) groups excluding carboxylic acids is 1. The molecule has 0 spiro atoms. The van der Waals surface area contributed by atoms with Crippen molar-refractivity contribution in [2.75, 3.05) is 0 Å². The van der Waals surface area contributed by atoms with Crippen molar-refractivity contribution >= 4 is 18.3 Å². The number of halogens is 1. The van der Waals surface area contributed by atoms with E-state index in [0.29, 0.717) is 6.04 Å². The molecule has 3 nitrogen and oxygen atoms in total. The van der Waals surface area contributed by atoms with Gasteiger partial charge in [0.2, 0.25) is 5.91 Å². The fraction of sp³-hybridized carbons (Fsp3) is 0.938. The maximum Gasteiger partial charge on any atom is 0.223 e. The normalized spacial score (nSPS) is 28.7. The van der Waals surface area contributed by atoms with Crippen LogP contribution in [0.25, 0.3) is 0 Å². The number of nitrogens with two attached hydrogens (primary N) is 1. The molecule has 2 fully saturated rings. The van der Waals surface area contributed by atoms with Crippen LogP contribution in [-0.4, -0.2) is 18.0 Å².